The summed E-state index contributed by atoms with van der Waals surface area (Å²) >= 11 is 3.81. The van der Waals surface area contributed by atoms with Crippen molar-refractivity contribution in [2.75, 3.05) is 5.75 Å². The highest BCUT2D eigenvalue weighted by atomic mass is 35.5. The van der Waals surface area contributed by atoms with Crippen molar-refractivity contribution in [3.05, 3.63) is 0 Å². The molecule has 0 aromatic heterocycles. The first-order valence-corrected chi connectivity index (χ1v) is 2.91. The van der Waals surface area contributed by atoms with Crippen molar-refractivity contribution in [3.63, 3.8) is 0 Å². The van der Waals surface area contributed by atoms with Gasteiger partial charge in [-0.1, -0.05) is 0 Å². The van der Waals surface area contributed by atoms with E-state index in [0.717, 1.165) is 0 Å². The average Bonchev–Trinajstić information content (AvgIpc) is 1.67. The van der Waals surface area contributed by atoms with Gasteiger partial charge in [0.2, 0.25) is 0 Å². The summed E-state index contributed by atoms with van der Waals surface area (Å²) < 4.78 is 0. The van der Waals surface area contributed by atoms with Crippen molar-refractivity contribution in [2.24, 2.45) is 5.73 Å². The molecule has 0 saturated carbocycles. The van der Waals surface area contributed by atoms with Crippen molar-refractivity contribution in [3.8, 4) is 0 Å². The van der Waals surface area contributed by atoms with Crippen LogP contribution in [0.4, 0.5) is 0 Å². The van der Waals surface area contributed by atoms with Crippen LogP contribution >= 0.6 is 25.0 Å². The fraction of sp³-hybridized carbons (Fsp3) is 0.750. The minimum absolute atomic E-state index is 0. The molecule has 0 aliphatic rings. The normalized spacial score (nSPS) is 11.8. The lowest BCUT2D eigenvalue weighted by atomic mass is 10.2. The maximum Gasteiger partial charge on any atom is 0.320 e. The van der Waals surface area contributed by atoms with E-state index in [4.69, 9.17) is 10.8 Å². The Hall–Kier alpha value is 0.0700. The molecule has 0 rings (SSSR count). The molecule has 0 fully saturated rings. The molecule has 0 amide bonds. The van der Waals surface area contributed by atoms with Crippen molar-refractivity contribution in [1.29, 1.82) is 0 Å². The third-order valence-corrected chi connectivity index (χ3v) is 1.02. The summed E-state index contributed by atoms with van der Waals surface area (Å²) in [6, 6.07) is -0.743. The first-order chi connectivity index (χ1) is 3.68. The smallest absolute Gasteiger partial charge is 0.320 e. The molecule has 3 N–H and O–H groups in total. The summed E-state index contributed by atoms with van der Waals surface area (Å²) in [4.78, 5) is 9.93. The molecule has 9 heavy (non-hydrogen) atoms. The van der Waals surface area contributed by atoms with Gasteiger partial charge >= 0.3 is 5.97 Å². The van der Waals surface area contributed by atoms with Gasteiger partial charge in [0.25, 0.3) is 0 Å². The molecule has 56 valence electrons. The zero-order chi connectivity index (χ0) is 6.57. The van der Waals surface area contributed by atoms with E-state index in [1.54, 1.807) is 0 Å². The van der Waals surface area contributed by atoms with Crippen LogP contribution in [0.5, 0.6) is 0 Å². The molecule has 0 saturated heterocycles. The highest BCUT2D eigenvalue weighted by molar-refractivity contribution is 7.80. The second kappa shape index (κ2) is 6.19. The van der Waals surface area contributed by atoms with Gasteiger partial charge in [-0.3, -0.25) is 4.79 Å². The Labute approximate surface area is 65.4 Å². The SMILES string of the molecule is Cl.N[C@H](CCS)C(=O)O. The van der Waals surface area contributed by atoms with Crippen LogP contribution in [0.15, 0.2) is 0 Å². The zero-order valence-corrected chi connectivity index (χ0v) is 6.49. The molecular formula is C4H10ClNO2S. The summed E-state index contributed by atoms with van der Waals surface area (Å²) in [5.74, 6) is -0.438. The van der Waals surface area contributed by atoms with E-state index in [1.165, 1.54) is 0 Å². The number of carboxylic acid groups (broad SMARTS) is 1. The minimum atomic E-state index is -0.959. The number of hydrogen-bond acceptors (Lipinski definition) is 3. The Balaban J connectivity index is 0. The van der Waals surface area contributed by atoms with Gasteiger partial charge in [-0.25, -0.2) is 0 Å². The number of rotatable bonds is 3. The van der Waals surface area contributed by atoms with Crippen LogP contribution in [0.1, 0.15) is 6.42 Å². The summed E-state index contributed by atoms with van der Waals surface area (Å²) in [6.07, 6.45) is 0.429. The first-order valence-electron chi connectivity index (χ1n) is 2.27. The molecule has 1 atom stereocenters. The molecule has 0 heterocycles. The van der Waals surface area contributed by atoms with Crippen LogP contribution in [-0.2, 0) is 4.79 Å². The second-order valence-electron chi connectivity index (χ2n) is 1.46. The molecule has 0 radical (unpaired) electrons. The summed E-state index contributed by atoms with van der Waals surface area (Å²) in [7, 11) is 0. The molecule has 0 aliphatic heterocycles. The van der Waals surface area contributed by atoms with Crippen LogP contribution < -0.4 is 5.73 Å². The predicted molar refractivity (Wildman–Crippen MR) is 41.3 cm³/mol. The van der Waals surface area contributed by atoms with Crippen molar-refractivity contribution < 1.29 is 9.90 Å². The zero-order valence-electron chi connectivity index (χ0n) is 4.78. The Bertz CT molecular complexity index is 90.6. The maximum absolute atomic E-state index is 9.93. The van der Waals surface area contributed by atoms with Crippen LogP contribution in [0.25, 0.3) is 0 Å². The van der Waals surface area contributed by atoms with E-state index in [2.05, 4.69) is 12.6 Å². The summed E-state index contributed by atoms with van der Waals surface area (Å²) in [5.41, 5.74) is 5.08. The van der Waals surface area contributed by atoms with Gasteiger partial charge in [0.1, 0.15) is 6.04 Å². The minimum Gasteiger partial charge on any atom is -0.480 e. The first kappa shape index (κ1) is 11.8. The Kier molecular flexibility index (Phi) is 8.13. The Morgan fingerprint density at radius 1 is 1.78 bits per heavy atom. The van der Waals surface area contributed by atoms with Gasteiger partial charge in [0, 0.05) is 0 Å². The Morgan fingerprint density at radius 3 is 2.33 bits per heavy atom. The topological polar surface area (TPSA) is 63.3 Å². The number of carboxylic acids is 1. The van der Waals surface area contributed by atoms with Crippen molar-refractivity contribution >= 4 is 31.0 Å². The van der Waals surface area contributed by atoms with E-state index in [9.17, 15) is 4.79 Å². The van der Waals surface area contributed by atoms with Gasteiger partial charge in [0.15, 0.2) is 0 Å². The maximum atomic E-state index is 9.93. The molecule has 0 aromatic rings. The Morgan fingerprint density at radius 2 is 2.22 bits per heavy atom. The molecule has 0 unspecified atom stereocenters. The van der Waals surface area contributed by atoms with Gasteiger partial charge < -0.3 is 10.8 Å². The lowest BCUT2D eigenvalue weighted by Gasteiger charge is -2.00. The summed E-state index contributed by atoms with van der Waals surface area (Å²) in [5, 5.41) is 8.15. The standard InChI is InChI=1S/C4H9NO2S.ClH/c5-3(1-2-8)4(6)7;/h3,8H,1-2,5H2,(H,6,7);1H/t3-;/m1./s1. The second-order valence-corrected chi connectivity index (χ2v) is 1.90. The van der Waals surface area contributed by atoms with Crippen LogP contribution in [-0.4, -0.2) is 22.9 Å². The quantitative estimate of drug-likeness (QED) is 0.530. The largest absolute Gasteiger partial charge is 0.480 e. The highest BCUT2D eigenvalue weighted by Crippen LogP contribution is 1.88. The van der Waals surface area contributed by atoms with Gasteiger partial charge in [-0.05, 0) is 12.2 Å². The summed E-state index contributed by atoms with van der Waals surface area (Å²) in [6.45, 7) is 0. The molecule has 0 aliphatic carbocycles. The van der Waals surface area contributed by atoms with Gasteiger partial charge in [0.05, 0.1) is 0 Å². The van der Waals surface area contributed by atoms with Crippen LogP contribution in [0, 0.1) is 0 Å². The number of hydrogen-bond donors (Lipinski definition) is 3. The fourth-order valence-corrected chi connectivity index (χ4v) is 0.541. The molecule has 0 bridgehead atoms. The third kappa shape index (κ3) is 5.95. The number of carbonyl (C=O) groups is 1. The molecule has 5 heteroatoms. The fourth-order valence-electron chi connectivity index (χ4n) is 0.263. The average molecular weight is 172 g/mol. The number of halogens is 1. The molecule has 0 aromatic carbocycles. The number of nitrogens with two attached hydrogens (primary N) is 1. The highest BCUT2D eigenvalue weighted by Gasteiger charge is 2.08. The molecular weight excluding hydrogens is 162 g/mol. The van der Waals surface area contributed by atoms with E-state index < -0.39 is 12.0 Å². The van der Waals surface area contributed by atoms with E-state index >= 15 is 0 Å². The number of thiol groups is 1. The predicted octanol–water partition coefficient (Wildman–Crippen LogP) is 0.140. The monoisotopic (exact) mass is 171 g/mol. The van der Waals surface area contributed by atoms with Crippen LogP contribution in [0.2, 0.25) is 0 Å². The molecule has 3 nitrogen and oxygen atoms in total. The van der Waals surface area contributed by atoms with Crippen molar-refractivity contribution in [2.45, 2.75) is 12.5 Å². The third-order valence-electron chi connectivity index (χ3n) is 0.757. The van der Waals surface area contributed by atoms with Gasteiger partial charge in [-0.2, -0.15) is 12.6 Å². The lowest BCUT2D eigenvalue weighted by Crippen LogP contribution is -2.30. The molecule has 0 spiro atoms. The van der Waals surface area contributed by atoms with E-state index in [0.29, 0.717) is 12.2 Å². The lowest BCUT2D eigenvalue weighted by molar-refractivity contribution is -0.138. The van der Waals surface area contributed by atoms with Crippen molar-refractivity contribution in [1.82, 2.24) is 0 Å². The van der Waals surface area contributed by atoms with Crippen LogP contribution in [0.3, 0.4) is 0 Å². The van der Waals surface area contributed by atoms with E-state index in [-0.39, 0.29) is 12.4 Å². The number of aliphatic carboxylic acids is 1. The van der Waals surface area contributed by atoms with Gasteiger partial charge in [-0.15, -0.1) is 12.4 Å². The van der Waals surface area contributed by atoms with E-state index in [1.807, 2.05) is 0 Å².